The van der Waals surface area contributed by atoms with Crippen LogP contribution >= 0.6 is 0 Å². The van der Waals surface area contributed by atoms with Crippen molar-refractivity contribution in [3.63, 3.8) is 0 Å². The van der Waals surface area contributed by atoms with E-state index in [1.165, 1.54) is 0 Å². The Morgan fingerprint density at radius 2 is 1.94 bits per heavy atom. The van der Waals surface area contributed by atoms with Crippen LogP contribution in [0, 0.1) is 11.3 Å². The molecule has 0 amide bonds. The number of aliphatic hydroxyl groups is 1. The van der Waals surface area contributed by atoms with Crippen LogP contribution in [0.5, 0.6) is 0 Å². The highest BCUT2D eigenvalue weighted by atomic mass is 16.5. The number of nitrogens with zero attached hydrogens (tertiary/aromatic N) is 1. The molecule has 1 aromatic carbocycles. The number of allylic oxidation sites excluding steroid dienone is 1. The number of carbonyl (C=O) groups is 1. The number of esters is 1. The quantitative estimate of drug-likeness (QED) is 0.383. The van der Waals surface area contributed by atoms with Gasteiger partial charge in [0, 0.05) is 0 Å². The van der Waals surface area contributed by atoms with Crippen molar-refractivity contribution in [2.75, 3.05) is 6.61 Å². The zero-order chi connectivity index (χ0) is 13.5. The maximum Gasteiger partial charge on any atom is 0.374 e. The predicted molar refractivity (Wildman–Crippen MR) is 67.6 cm³/mol. The van der Waals surface area contributed by atoms with Crippen LogP contribution in [0.25, 0.3) is 5.57 Å². The van der Waals surface area contributed by atoms with Crippen LogP contribution in [-0.4, -0.2) is 17.7 Å². The first-order valence-corrected chi connectivity index (χ1v) is 5.73. The van der Waals surface area contributed by atoms with E-state index in [0.717, 1.165) is 12.0 Å². The fourth-order valence-electron chi connectivity index (χ4n) is 1.46. The average Bonchev–Trinajstić information content (AvgIpc) is 2.40. The molecule has 1 N–H and O–H groups in total. The molecule has 0 radical (unpaired) electrons. The van der Waals surface area contributed by atoms with Gasteiger partial charge in [-0.1, -0.05) is 31.2 Å². The fourth-order valence-corrected chi connectivity index (χ4v) is 1.46. The highest BCUT2D eigenvalue weighted by molar-refractivity contribution is 5.98. The summed E-state index contributed by atoms with van der Waals surface area (Å²) in [5, 5.41) is 18.7. The van der Waals surface area contributed by atoms with Gasteiger partial charge < -0.3 is 9.84 Å². The Kier molecular flexibility index (Phi) is 4.94. The van der Waals surface area contributed by atoms with Crippen molar-refractivity contribution in [2.24, 2.45) is 0 Å². The van der Waals surface area contributed by atoms with Crippen molar-refractivity contribution < 1.29 is 14.6 Å². The Labute approximate surface area is 106 Å². The number of benzene rings is 1. The summed E-state index contributed by atoms with van der Waals surface area (Å²) in [5.74, 6) is -1.53. The van der Waals surface area contributed by atoms with E-state index in [-0.39, 0.29) is 12.2 Å². The molecule has 4 nitrogen and oxygen atoms in total. The lowest BCUT2D eigenvalue weighted by atomic mass is 10.0. The maximum absolute atomic E-state index is 11.4. The third-order valence-electron chi connectivity index (χ3n) is 2.47. The summed E-state index contributed by atoms with van der Waals surface area (Å²) in [7, 11) is 0. The Morgan fingerprint density at radius 3 is 2.39 bits per heavy atom. The van der Waals surface area contributed by atoms with Gasteiger partial charge in [0.1, 0.15) is 11.6 Å². The molecule has 0 aromatic heterocycles. The Morgan fingerprint density at radius 1 is 1.33 bits per heavy atom. The first-order chi connectivity index (χ1) is 8.63. The van der Waals surface area contributed by atoms with E-state index in [0.29, 0.717) is 5.56 Å². The van der Waals surface area contributed by atoms with Gasteiger partial charge in [0.25, 0.3) is 0 Å². The van der Waals surface area contributed by atoms with Crippen LogP contribution in [0.4, 0.5) is 0 Å². The summed E-state index contributed by atoms with van der Waals surface area (Å²) in [4.78, 5) is 11.4. The molecule has 0 saturated carbocycles. The lowest BCUT2D eigenvalue weighted by molar-refractivity contribution is -0.141. The van der Waals surface area contributed by atoms with Crippen LogP contribution in [0.3, 0.4) is 0 Å². The van der Waals surface area contributed by atoms with Crippen LogP contribution in [0.15, 0.2) is 30.0 Å². The number of aryl methyl sites for hydroxylation is 1. The molecule has 0 atom stereocenters. The molecule has 1 aromatic rings. The minimum Gasteiger partial charge on any atom is -0.501 e. The molecule has 4 heteroatoms. The van der Waals surface area contributed by atoms with E-state index in [9.17, 15) is 9.90 Å². The van der Waals surface area contributed by atoms with Gasteiger partial charge in [-0.15, -0.1) is 0 Å². The van der Waals surface area contributed by atoms with Crippen LogP contribution in [0.2, 0.25) is 0 Å². The second-order valence-electron chi connectivity index (χ2n) is 3.61. The number of carbonyl (C=O) groups excluding carboxylic acids is 1. The van der Waals surface area contributed by atoms with Gasteiger partial charge in [-0.25, -0.2) is 4.79 Å². The average molecular weight is 245 g/mol. The second kappa shape index (κ2) is 6.45. The van der Waals surface area contributed by atoms with E-state index in [4.69, 9.17) is 5.26 Å². The standard InChI is InChI=1S/C14H15NO3/c1-3-10-5-7-11(8-6-10)12(9-15)13(16)14(17)18-4-2/h5-8,16H,3-4H2,1-2H3/b13-12-. The SMILES string of the molecule is CCOC(=O)/C(O)=C(\C#N)c1ccc(CC)cc1. The Balaban J connectivity index is 3.12. The summed E-state index contributed by atoms with van der Waals surface area (Å²) in [5.41, 5.74) is 1.54. The first-order valence-electron chi connectivity index (χ1n) is 5.73. The second-order valence-corrected chi connectivity index (χ2v) is 3.61. The molecule has 0 fully saturated rings. The van der Waals surface area contributed by atoms with Gasteiger partial charge in [-0.3, -0.25) is 0 Å². The van der Waals surface area contributed by atoms with Gasteiger partial charge in [-0.05, 0) is 24.5 Å². The van der Waals surface area contributed by atoms with Gasteiger partial charge in [-0.2, -0.15) is 5.26 Å². The van der Waals surface area contributed by atoms with Crippen LogP contribution in [0.1, 0.15) is 25.0 Å². The van der Waals surface area contributed by atoms with Crippen molar-refractivity contribution >= 4 is 11.5 Å². The topological polar surface area (TPSA) is 70.3 Å². The number of aliphatic hydroxyl groups excluding tert-OH is 1. The number of ether oxygens (including phenoxy) is 1. The van der Waals surface area contributed by atoms with Crippen molar-refractivity contribution in [3.05, 3.63) is 41.2 Å². The molecule has 18 heavy (non-hydrogen) atoms. The lowest BCUT2D eigenvalue weighted by Gasteiger charge is -2.05. The number of nitriles is 1. The molecule has 0 bridgehead atoms. The normalized spacial score (nSPS) is 11.4. The van der Waals surface area contributed by atoms with E-state index < -0.39 is 11.7 Å². The molecule has 0 unspecified atom stereocenters. The molecule has 0 spiro atoms. The Hall–Kier alpha value is -2.28. The van der Waals surface area contributed by atoms with E-state index in [1.54, 1.807) is 19.1 Å². The monoisotopic (exact) mass is 245 g/mol. The largest absolute Gasteiger partial charge is 0.501 e. The summed E-state index contributed by atoms with van der Waals surface area (Å²) in [6.07, 6.45) is 0.885. The minimum absolute atomic E-state index is 0.0731. The molecule has 0 saturated heterocycles. The summed E-state index contributed by atoms with van der Waals surface area (Å²) < 4.78 is 4.65. The summed E-state index contributed by atoms with van der Waals surface area (Å²) >= 11 is 0. The zero-order valence-corrected chi connectivity index (χ0v) is 10.4. The molecule has 1 rings (SSSR count). The van der Waals surface area contributed by atoms with Crippen molar-refractivity contribution in [1.29, 1.82) is 5.26 Å². The smallest absolute Gasteiger partial charge is 0.374 e. The fraction of sp³-hybridized carbons (Fsp3) is 0.286. The highest BCUT2D eigenvalue weighted by Crippen LogP contribution is 2.18. The van der Waals surface area contributed by atoms with Gasteiger partial charge >= 0.3 is 5.97 Å². The van der Waals surface area contributed by atoms with E-state index in [2.05, 4.69) is 4.74 Å². The molecular formula is C14H15NO3. The van der Waals surface area contributed by atoms with Crippen molar-refractivity contribution in [1.82, 2.24) is 0 Å². The third kappa shape index (κ3) is 3.11. The molecule has 0 aliphatic rings. The molecule has 94 valence electrons. The molecule has 0 heterocycles. The van der Waals surface area contributed by atoms with Gasteiger partial charge in [0.05, 0.1) is 6.61 Å². The summed E-state index contributed by atoms with van der Waals surface area (Å²) in [6, 6.07) is 8.93. The van der Waals surface area contributed by atoms with Gasteiger partial charge in [0.2, 0.25) is 5.76 Å². The minimum atomic E-state index is -0.881. The highest BCUT2D eigenvalue weighted by Gasteiger charge is 2.16. The summed E-state index contributed by atoms with van der Waals surface area (Å²) in [6.45, 7) is 3.80. The molecule has 0 aliphatic carbocycles. The number of hydrogen-bond donors (Lipinski definition) is 1. The van der Waals surface area contributed by atoms with E-state index >= 15 is 0 Å². The lowest BCUT2D eigenvalue weighted by Crippen LogP contribution is -2.09. The Bertz CT molecular complexity index is 495. The number of hydrogen-bond acceptors (Lipinski definition) is 4. The third-order valence-corrected chi connectivity index (χ3v) is 2.47. The van der Waals surface area contributed by atoms with Crippen molar-refractivity contribution in [2.45, 2.75) is 20.3 Å². The maximum atomic E-state index is 11.4. The molecule has 0 aliphatic heterocycles. The first kappa shape index (κ1) is 13.8. The van der Waals surface area contributed by atoms with Crippen LogP contribution < -0.4 is 0 Å². The van der Waals surface area contributed by atoms with Gasteiger partial charge in [0.15, 0.2) is 0 Å². The zero-order valence-electron chi connectivity index (χ0n) is 10.4. The van der Waals surface area contributed by atoms with E-state index in [1.807, 2.05) is 25.1 Å². The predicted octanol–water partition coefficient (Wildman–Crippen LogP) is 2.60. The van der Waals surface area contributed by atoms with Crippen LogP contribution in [-0.2, 0) is 16.0 Å². The van der Waals surface area contributed by atoms with Crippen molar-refractivity contribution in [3.8, 4) is 6.07 Å². The number of rotatable bonds is 4. The molecular weight excluding hydrogens is 230 g/mol.